The lowest BCUT2D eigenvalue weighted by molar-refractivity contribution is -0.115. The van der Waals surface area contributed by atoms with E-state index in [9.17, 15) is 9.59 Å². The first-order valence-electron chi connectivity index (χ1n) is 6.29. The molecule has 2 atom stereocenters. The Morgan fingerprint density at radius 2 is 2.05 bits per heavy atom. The highest BCUT2D eigenvalue weighted by Crippen LogP contribution is 2.26. The monoisotopic (exact) mass is 279 g/mol. The lowest BCUT2D eigenvalue weighted by Gasteiger charge is -2.23. The molecule has 0 spiro atoms. The molecule has 0 saturated carbocycles. The first kappa shape index (κ1) is 13.9. The highest BCUT2D eigenvalue weighted by atomic mass is 32.1. The zero-order valence-electron chi connectivity index (χ0n) is 10.8. The summed E-state index contributed by atoms with van der Waals surface area (Å²) in [6.45, 7) is 2.72. The van der Waals surface area contributed by atoms with Crippen molar-refractivity contribution in [2.24, 2.45) is 5.92 Å². The maximum Gasteiger partial charge on any atom is 0.410 e. The van der Waals surface area contributed by atoms with Crippen LogP contribution in [-0.4, -0.2) is 28.7 Å². The minimum atomic E-state index is -0.466. The molecule has 0 aromatic heterocycles. The number of amides is 1. The molecule has 102 valence electrons. The predicted molar refractivity (Wildman–Crippen MR) is 74.9 cm³/mol. The average molecular weight is 279 g/mol. The highest BCUT2D eigenvalue weighted by molar-refractivity contribution is 7.96. The van der Waals surface area contributed by atoms with Crippen molar-refractivity contribution < 1.29 is 14.3 Å². The van der Waals surface area contributed by atoms with Gasteiger partial charge in [-0.25, -0.2) is 4.79 Å². The molecule has 1 aliphatic rings. The van der Waals surface area contributed by atoms with Crippen molar-refractivity contribution in [2.75, 3.05) is 6.54 Å². The SMILES string of the molecule is C[C@@H]1CCN(C(=O)OCc2ccccc2)[C@H]1C(=O)S. The largest absolute Gasteiger partial charge is 0.445 e. The molecular weight excluding hydrogens is 262 g/mol. The molecule has 0 N–H and O–H groups in total. The van der Waals surface area contributed by atoms with Gasteiger partial charge in [-0.15, -0.1) is 12.6 Å². The molecule has 1 heterocycles. The molecule has 0 aliphatic carbocycles. The predicted octanol–water partition coefficient (Wildman–Crippen LogP) is 2.49. The maximum atomic E-state index is 12.0. The number of ether oxygens (including phenoxy) is 1. The topological polar surface area (TPSA) is 46.6 Å². The van der Waals surface area contributed by atoms with Crippen LogP contribution < -0.4 is 0 Å². The molecule has 1 aliphatic heterocycles. The van der Waals surface area contributed by atoms with Crippen molar-refractivity contribution in [1.82, 2.24) is 4.90 Å². The van der Waals surface area contributed by atoms with Crippen LogP contribution in [0.2, 0.25) is 0 Å². The van der Waals surface area contributed by atoms with Gasteiger partial charge in [0.2, 0.25) is 5.12 Å². The third kappa shape index (κ3) is 3.29. The molecule has 0 bridgehead atoms. The van der Waals surface area contributed by atoms with E-state index in [1.165, 1.54) is 4.90 Å². The molecular formula is C14H17NO3S. The molecule has 1 amide bonds. The zero-order chi connectivity index (χ0) is 13.8. The van der Waals surface area contributed by atoms with Crippen LogP contribution in [0.4, 0.5) is 4.79 Å². The molecule has 1 saturated heterocycles. The van der Waals surface area contributed by atoms with Crippen LogP contribution in [0.5, 0.6) is 0 Å². The summed E-state index contributed by atoms with van der Waals surface area (Å²) < 4.78 is 5.24. The van der Waals surface area contributed by atoms with Crippen LogP contribution in [0.1, 0.15) is 18.9 Å². The van der Waals surface area contributed by atoms with Crippen LogP contribution in [0.25, 0.3) is 0 Å². The lowest BCUT2D eigenvalue weighted by Crippen LogP contribution is -2.41. The molecule has 19 heavy (non-hydrogen) atoms. The van der Waals surface area contributed by atoms with Crippen LogP contribution >= 0.6 is 12.6 Å². The minimum Gasteiger partial charge on any atom is -0.445 e. The van der Waals surface area contributed by atoms with Gasteiger partial charge in [-0.05, 0) is 17.9 Å². The Morgan fingerprint density at radius 1 is 1.37 bits per heavy atom. The van der Waals surface area contributed by atoms with E-state index in [1.54, 1.807) is 0 Å². The quantitative estimate of drug-likeness (QED) is 0.865. The number of thiol groups is 1. The average Bonchev–Trinajstić information content (AvgIpc) is 2.79. The first-order valence-corrected chi connectivity index (χ1v) is 6.74. The van der Waals surface area contributed by atoms with Crippen molar-refractivity contribution in [3.05, 3.63) is 35.9 Å². The Hall–Kier alpha value is -1.49. The van der Waals surface area contributed by atoms with Gasteiger partial charge in [-0.1, -0.05) is 37.3 Å². The van der Waals surface area contributed by atoms with E-state index in [0.29, 0.717) is 6.54 Å². The second kappa shape index (κ2) is 6.10. The molecule has 2 rings (SSSR count). The Labute approximate surface area is 118 Å². The van der Waals surface area contributed by atoms with Crippen molar-refractivity contribution in [1.29, 1.82) is 0 Å². The summed E-state index contributed by atoms with van der Waals surface area (Å²) >= 11 is 3.86. The van der Waals surface area contributed by atoms with Crippen molar-refractivity contribution in [3.63, 3.8) is 0 Å². The molecule has 0 radical (unpaired) electrons. The number of carbonyl (C=O) groups excluding carboxylic acids is 2. The van der Waals surface area contributed by atoms with E-state index in [4.69, 9.17) is 4.74 Å². The smallest absolute Gasteiger partial charge is 0.410 e. The summed E-state index contributed by atoms with van der Waals surface area (Å²) in [7, 11) is 0. The van der Waals surface area contributed by atoms with Gasteiger partial charge in [-0.3, -0.25) is 9.69 Å². The number of nitrogens with zero attached hydrogens (tertiary/aromatic N) is 1. The van der Waals surface area contributed by atoms with Crippen LogP contribution in [-0.2, 0) is 16.1 Å². The van der Waals surface area contributed by atoms with E-state index < -0.39 is 12.1 Å². The van der Waals surface area contributed by atoms with Crippen molar-refractivity contribution in [3.8, 4) is 0 Å². The number of hydrogen-bond donors (Lipinski definition) is 1. The van der Waals surface area contributed by atoms with E-state index >= 15 is 0 Å². The van der Waals surface area contributed by atoms with E-state index in [-0.39, 0.29) is 17.6 Å². The fraction of sp³-hybridized carbons (Fsp3) is 0.429. The molecule has 1 aromatic rings. The van der Waals surface area contributed by atoms with Gasteiger partial charge in [-0.2, -0.15) is 0 Å². The lowest BCUT2D eigenvalue weighted by atomic mass is 10.0. The summed E-state index contributed by atoms with van der Waals surface area (Å²) in [5.74, 6) is 0.134. The van der Waals surface area contributed by atoms with Crippen LogP contribution in [0.15, 0.2) is 30.3 Å². The normalized spacial score (nSPS) is 22.3. The van der Waals surface area contributed by atoms with Gasteiger partial charge in [0, 0.05) is 6.54 Å². The van der Waals surface area contributed by atoms with Gasteiger partial charge in [0.05, 0.1) is 0 Å². The maximum absolute atomic E-state index is 12.0. The zero-order valence-corrected chi connectivity index (χ0v) is 11.7. The fourth-order valence-corrected chi connectivity index (χ4v) is 2.72. The molecule has 0 unspecified atom stereocenters. The minimum absolute atomic E-state index is 0.134. The summed E-state index contributed by atoms with van der Waals surface area (Å²) in [5.41, 5.74) is 0.928. The number of rotatable bonds is 3. The van der Waals surface area contributed by atoms with Crippen molar-refractivity contribution in [2.45, 2.75) is 26.0 Å². The first-order chi connectivity index (χ1) is 9.09. The van der Waals surface area contributed by atoms with Gasteiger partial charge < -0.3 is 4.74 Å². The Balaban J connectivity index is 1.95. The van der Waals surface area contributed by atoms with Crippen molar-refractivity contribution >= 4 is 23.8 Å². The number of carbonyl (C=O) groups is 2. The second-order valence-corrected chi connectivity index (χ2v) is 5.22. The van der Waals surface area contributed by atoms with E-state index in [2.05, 4.69) is 12.6 Å². The molecule has 1 aromatic carbocycles. The Kier molecular flexibility index (Phi) is 4.47. The second-order valence-electron chi connectivity index (χ2n) is 4.78. The standard InChI is InChI=1S/C14H17NO3S/c1-10-7-8-15(12(10)13(16)19)14(17)18-9-11-5-3-2-4-6-11/h2-6,10,12H,7-9H2,1H3,(H,16,19)/t10-,12-/m1/s1. The fourth-order valence-electron chi connectivity index (χ4n) is 2.33. The third-order valence-corrected chi connectivity index (χ3v) is 3.66. The summed E-state index contributed by atoms with van der Waals surface area (Å²) in [4.78, 5) is 24.9. The Bertz CT molecular complexity index is 463. The summed E-state index contributed by atoms with van der Waals surface area (Å²) in [6.07, 6.45) is 0.359. The van der Waals surface area contributed by atoms with Gasteiger partial charge in [0.25, 0.3) is 0 Å². The molecule has 1 fully saturated rings. The van der Waals surface area contributed by atoms with E-state index in [1.807, 2.05) is 37.3 Å². The summed E-state index contributed by atoms with van der Waals surface area (Å²) in [5, 5.41) is -0.276. The van der Waals surface area contributed by atoms with Gasteiger partial charge >= 0.3 is 6.09 Å². The highest BCUT2D eigenvalue weighted by Gasteiger charge is 2.38. The van der Waals surface area contributed by atoms with E-state index in [0.717, 1.165) is 12.0 Å². The van der Waals surface area contributed by atoms with Crippen LogP contribution in [0.3, 0.4) is 0 Å². The van der Waals surface area contributed by atoms with Gasteiger partial charge in [0.1, 0.15) is 12.6 Å². The Morgan fingerprint density at radius 3 is 2.68 bits per heavy atom. The third-order valence-electron chi connectivity index (χ3n) is 3.39. The molecule has 5 heteroatoms. The van der Waals surface area contributed by atoms with Crippen LogP contribution in [0, 0.1) is 5.92 Å². The number of likely N-dealkylation sites (tertiary alicyclic amines) is 1. The summed E-state index contributed by atoms with van der Waals surface area (Å²) in [6, 6.07) is 9.00. The number of benzene rings is 1. The number of hydrogen-bond acceptors (Lipinski definition) is 3. The molecule has 4 nitrogen and oxygen atoms in total. The van der Waals surface area contributed by atoms with Gasteiger partial charge in [0.15, 0.2) is 0 Å².